The van der Waals surface area contributed by atoms with Gasteiger partial charge in [-0.1, -0.05) is 12.1 Å². The Morgan fingerprint density at radius 2 is 2.19 bits per heavy atom. The first-order chi connectivity index (χ1) is 12.5. The molecule has 3 heterocycles. The Morgan fingerprint density at radius 1 is 1.38 bits per heavy atom. The number of rotatable bonds is 3. The Hall–Kier alpha value is -2.28. The van der Waals surface area contributed by atoms with E-state index in [2.05, 4.69) is 21.0 Å². The highest BCUT2D eigenvalue weighted by Crippen LogP contribution is 2.33. The van der Waals surface area contributed by atoms with E-state index in [4.69, 9.17) is 39.6 Å². The minimum atomic E-state index is -0.561. The Morgan fingerprint density at radius 3 is 2.96 bits per heavy atom. The molecule has 9 nitrogen and oxygen atoms in total. The predicted molar refractivity (Wildman–Crippen MR) is 95.8 cm³/mol. The van der Waals surface area contributed by atoms with Gasteiger partial charge in [0.05, 0.1) is 18.4 Å². The lowest BCUT2D eigenvalue weighted by Crippen LogP contribution is -2.39. The minimum Gasteiger partial charge on any atom is -0.375 e. The lowest BCUT2D eigenvalue weighted by molar-refractivity contribution is -0.0324. The SMILES string of the molecule is NC(=S)N/N=C1/C[C@H](n2nnn(-c3ccccc3F)c2=S)[C@H]2CO[C@@H]1O2. The summed E-state index contributed by atoms with van der Waals surface area (Å²) in [6, 6.07) is 5.91. The smallest absolute Gasteiger partial charge is 0.221 e. The molecule has 2 bridgehead atoms. The first kappa shape index (κ1) is 17.1. The summed E-state index contributed by atoms with van der Waals surface area (Å²) in [6.45, 7) is 0.357. The number of tetrazole rings is 1. The number of hydrogen-bond acceptors (Lipinski definition) is 7. The van der Waals surface area contributed by atoms with Gasteiger partial charge in [-0.25, -0.2) is 9.07 Å². The molecule has 4 rings (SSSR count). The average molecular weight is 395 g/mol. The maximum Gasteiger partial charge on any atom is 0.221 e. The van der Waals surface area contributed by atoms with Crippen LogP contribution in [0.5, 0.6) is 0 Å². The number of hydrogen-bond donors (Lipinski definition) is 2. The van der Waals surface area contributed by atoms with E-state index in [9.17, 15) is 4.39 Å². The van der Waals surface area contributed by atoms with Gasteiger partial charge in [0.1, 0.15) is 17.6 Å². The Labute approximate surface area is 157 Å². The minimum absolute atomic E-state index is 0.0382. The molecular weight excluding hydrogens is 381 g/mol. The highest BCUT2D eigenvalue weighted by molar-refractivity contribution is 7.80. The second kappa shape index (κ2) is 6.79. The van der Waals surface area contributed by atoms with E-state index in [1.807, 2.05) is 0 Å². The van der Waals surface area contributed by atoms with E-state index in [0.717, 1.165) is 0 Å². The van der Waals surface area contributed by atoms with Crippen LogP contribution in [0.1, 0.15) is 12.5 Å². The van der Waals surface area contributed by atoms with Crippen LogP contribution >= 0.6 is 24.4 Å². The summed E-state index contributed by atoms with van der Waals surface area (Å²) < 4.78 is 28.5. The molecule has 136 valence electrons. The number of benzene rings is 1. The normalized spacial score (nSPS) is 26.2. The van der Waals surface area contributed by atoms with Gasteiger partial charge in [0, 0.05) is 6.42 Å². The molecule has 3 atom stereocenters. The van der Waals surface area contributed by atoms with Crippen molar-refractivity contribution in [2.75, 3.05) is 6.61 Å². The van der Waals surface area contributed by atoms with Crippen LogP contribution in [0.4, 0.5) is 4.39 Å². The molecule has 2 saturated heterocycles. The summed E-state index contributed by atoms with van der Waals surface area (Å²) in [6.07, 6.45) is -0.370. The molecule has 12 heteroatoms. The molecule has 0 spiro atoms. The number of nitrogens with zero attached hydrogens (tertiary/aromatic N) is 5. The molecule has 0 amide bonds. The molecule has 0 saturated carbocycles. The third-order valence-corrected chi connectivity index (χ3v) is 4.59. The van der Waals surface area contributed by atoms with Gasteiger partial charge in [0.25, 0.3) is 0 Å². The third kappa shape index (κ3) is 3.00. The monoisotopic (exact) mass is 395 g/mol. The van der Waals surface area contributed by atoms with Crippen LogP contribution in [-0.2, 0) is 9.47 Å². The molecule has 1 aromatic heterocycles. The number of fused-ring (bicyclic) bond motifs is 2. The van der Waals surface area contributed by atoms with E-state index in [1.54, 1.807) is 18.2 Å². The van der Waals surface area contributed by atoms with Crippen LogP contribution in [0, 0.1) is 10.6 Å². The molecule has 2 aliphatic heterocycles. The van der Waals surface area contributed by atoms with Gasteiger partial charge in [0.15, 0.2) is 11.4 Å². The van der Waals surface area contributed by atoms with Crippen molar-refractivity contribution in [1.82, 2.24) is 25.2 Å². The highest BCUT2D eigenvalue weighted by Gasteiger charge is 2.44. The standard InChI is InChI=1S/C14H14FN7O2S2/c15-7-3-1-2-4-9(7)21-14(26)22(20-19-21)10-5-8(17-18-13(16)25)12-23-6-11(10)24-12/h1-4,10-12H,5-6H2,(H3,16,18,25)/b17-8-/t10-,11+,12+/m0/s1. The van der Waals surface area contributed by atoms with Crippen molar-refractivity contribution in [2.24, 2.45) is 10.8 Å². The van der Waals surface area contributed by atoms with Gasteiger partial charge in [0.2, 0.25) is 4.77 Å². The van der Waals surface area contributed by atoms with Crippen molar-refractivity contribution in [3.63, 3.8) is 0 Å². The molecule has 0 radical (unpaired) electrons. The molecule has 0 unspecified atom stereocenters. The van der Waals surface area contributed by atoms with Crippen molar-refractivity contribution >= 4 is 35.3 Å². The maximum atomic E-state index is 14.1. The van der Waals surface area contributed by atoms with Crippen LogP contribution in [0.15, 0.2) is 29.4 Å². The average Bonchev–Trinajstić information content (AvgIpc) is 3.20. The van der Waals surface area contributed by atoms with Crippen molar-refractivity contribution in [3.05, 3.63) is 34.9 Å². The third-order valence-electron chi connectivity index (χ3n) is 4.14. The zero-order valence-corrected chi connectivity index (χ0v) is 14.9. The van der Waals surface area contributed by atoms with Gasteiger partial charge < -0.3 is 15.2 Å². The number of nitrogens with one attached hydrogen (secondary N) is 1. The van der Waals surface area contributed by atoms with Gasteiger partial charge in [-0.05, 0) is 47.0 Å². The summed E-state index contributed by atoms with van der Waals surface area (Å²) in [5.74, 6) is -0.442. The summed E-state index contributed by atoms with van der Waals surface area (Å²) in [5.41, 5.74) is 8.75. The van der Waals surface area contributed by atoms with Crippen LogP contribution in [-0.4, -0.2) is 49.6 Å². The fourth-order valence-electron chi connectivity index (χ4n) is 2.95. The largest absolute Gasteiger partial charge is 0.375 e. The quantitative estimate of drug-likeness (QED) is 0.581. The van der Waals surface area contributed by atoms with Crippen LogP contribution < -0.4 is 11.2 Å². The molecule has 1 aromatic carbocycles. The van der Waals surface area contributed by atoms with E-state index in [0.29, 0.717) is 18.7 Å². The van der Waals surface area contributed by atoms with Crippen molar-refractivity contribution in [1.29, 1.82) is 0 Å². The maximum absolute atomic E-state index is 14.1. The van der Waals surface area contributed by atoms with Crippen molar-refractivity contribution in [3.8, 4) is 5.69 Å². The van der Waals surface area contributed by atoms with Crippen LogP contribution in [0.25, 0.3) is 5.69 Å². The number of hydrazone groups is 1. The Kier molecular flexibility index (Phi) is 4.48. The lowest BCUT2D eigenvalue weighted by atomic mass is 10.0. The molecule has 2 aromatic rings. The number of nitrogens with two attached hydrogens (primary N) is 1. The van der Waals surface area contributed by atoms with Crippen molar-refractivity contribution < 1.29 is 13.9 Å². The first-order valence-electron chi connectivity index (χ1n) is 7.73. The van der Waals surface area contributed by atoms with Gasteiger partial charge >= 0.3 is 0 Å². The summed E-state index contributed by atoms with van der Waals surface area (Å²) >= 11 is 10.2. The van der Waals surface area contributed by atoms with Gasteiger partial charge in [-0.2, -0.15) is 9.78 Å². The van der Waals surface area contributed by atoms with Crippen molar-refractivity contribution in [2.45, 2.75) is 24.9 Å². The number of para-hydroxylation sites is 1. The molecule has 26 heavy (non-hydrogen) atoms. The molecule has 3 N–H and O–H groups in total. The van der Waals surface area contributed by atoms with E-state index in [1.165, 1.54) is 15.4 Å². The Balaban J connectivity index is 1.68. The predicted octanol–water partition coefficient (Wildman–Crippen LogP) is 0.813. The van der Waals surface area contributed by atoms with E-state index in [-0.39, 0.29) is 27.7 Å². The number of ether oxygens (including phenoxy) is 2. The molecular formula is C14H14FN7O2S2. The Bertz CT molecular complexity index is 943. The van der Waals surface area contributed by atoms with Crippen LogP contribution in [0.2, 0.25) is 0 Å². The number of halogens is 1. The van der Waals surface area contributed by atoms with E-state index >= 15 is 0 Å². The van der Waals surface area contributed by atoms with Gasteiger partial charge in [-0.15, -0.1) is 0 Å². The fraction of sp³-hybridized carbons (Fsp3) is 0.357. The zero-order valence-electron chi connectivity index (χ0n) is 13.3. The second-order valence-corrected chi connectivity index (χ2v) is 6.56. The fourth-order valence-corrected chi connectivity index (χ4v) is 3.30. The molecule has 2 fully saturated rings. The number of thiocarbonyl (C=S) groups is 1. The summed E-state index contributed by atoms with van der Waals surface area (Å²) in [7, 11) is 0. The topological polar surface area (TPSA) is 105 Å². The molecule has 0 aliphatic carbocycles. The van der Waals surface area contributed by atoms with Gasteiger partial charge in [-0.3, -0.25) is 5.43 Å². The summed E-state index contributed by atoms with van der Waals surface area (Å²) in [5, 5.41) is 12.3. The highest BCUT2D eigenvalue weighted by atomic mass is 32.1. The second-order valence-electron chi connectivity index (χ2n) is 5.76. The lowest BCUT2D eigenvalue weighted by Gasteiger charge is -2.27. The zero-order chi connectivity index (χ0) is 18.3. The van der Waals surface area contributed by atoms with Crippen LogP contribution in [0.3, 0.4) is 0 Å². The number of aromatic nitrogens is 4. The molecule has 2 aliphatic rings. The van der Waals surface area contributed by atoms with E-state index < -0.39 is 12.1 Å². The first-order valence-corrected chi connectivity index (χ1v) is 8.54. The summed E-state index contributed by atoms with van der Waals surface area (Å²) in [4.78, 5) is 0.